The van der Waals surface area contributed by atoms with E-state index in [-0.39, 0.29) is 29.5 Å². The summed E-state index contributed by atoms with van der Waals surface area (Å²) in [5.41, 5.74) is 0. The van der Waals surface area contributed by atoms with Gasteiger partial charge in [-0.15, -0.1) is 12.4 Å². The summed E-state index contributed by atoms with van der Waals surface area (Å²) in [4.78, 5) is -0.477. The van der Waals surface area contributed by atoms with E-state index in [4.69, 9.17) is 11.6 Å². The van der Waals surface area contributed by atoms with Crippen molar-refractivity contribution in [3.63, 3.8) is 0 Å². The number of hydrogen-bond acceptors (Lipinski definition) is 3. The number of hydrogen-bond donors (Lipinski definition) is 2. The average Bonchev–Trinajstić information content (AvgIpc) is 2.31. The van der Waals surface area contributed by atoms with Gasteiger partial charge in [0, 0.05) is 12.1 Å². The third-order valence-electron chi connectivity index (χ3n) is 3.26. The van der Waals surface area contributed by atoms with Crippen molar-refractivity contribution in [2.45, 2.75) is 36.7 Å². The fourth-order valence-corrected chi connectivity index (χ4v) is 4.16. The fourth-order valence-electron chi connectivity index (χ4n) is 2.20. The van der Waals surface area contributed by atoms with Crippen LogP contribution in [0.4, 0.5) is 4.39 Å². The zero-order valence-electron chi connectivity index (χ0n) is 10.9. The van der Waals surface area contributed by atoms with E-state index in [1.165, 1.54) is 12.1 Å². The summed E-state index contributed by atoms with van der Waals surface area (Å²) in [7, 11) is -3.95. The van der Waals surface area contributed by atoms with Crippen LogP contribution in [0.3, 0.4) is 0 Å². The minimum Gasteiger partial charge on any atom is -0.313 e. The summed E-state index contributed by atoms with van der Waals surface area (Å²) in [5, 5.41) is 3.07. The molecule has 1 fully saturated rings. The Morgan fingerprint density at radius 1 is 1.45 bits per heavy atom. The van der Waals surface area contributed by atoms with Crippen molar-refractivity contribution in [2.24, 2.45) is 0 Å². The molecule has 114 valence electrons. The van der Waals surface area contributed by atoms with E-state index in [1.54, 1.807) is 0 Å². The zero-order valence-corrected chi connectivity index (χ0v) is 13.3. The summed E-state index contributed by atoms with van der Waals surface area (Å²) in [5.74, 6) is -0.837. The quantitative estimate of drug-likeness (QED) is 0.886. The van der Waals surface area contributed by atoms with Crippen molar-refractivity contribution in [1.29, 1.82) is 0 Å². The van der Waals surface area contributed by atoms with Crippen LogP contribution in [0.2, 0.25) is 5.02 Å². The summed E-state index contributed by atoms with van der Waals surface area (Å²) in [6.07, 6.45) is 1.60. The standard InChI is InChI=1S/C12H16ClFN2O2S.ClH/c1-8-11(6-3-7-15-8)16-19(17,18)12-9(13)4-2-5-10(12)14;/h2,4-5,8,11,15-16H,3,6-7H2,1H3;1H. The molecule has 0 aromatic heterocycles. The van der Waals surface area contributed by atoms with E-state index in [0.29, 0.717) is 0 Å². The molecule has 1 aliphatic rings. The van der Waals surface area contributed by atoms with E-state index in [2.05, 4.69) is 10.0 Å². The van der Waals surface area contributed by atoms with Crippen LogP contribution < -0.4 is 10.0 Å². The number of piperidine rings is 1. The lowest BCUT2D eigenvalue weighted by Gasteiger charge is -2.30. The molecule has 1 aromatic rings. The topological polar surface area (TPSA) is 58.2 Å². The van der Waals surface area contributed by atoms with Gasteiger partial charge in [0.1, 0.15) is 10.7 Å². The van der Waals surface area contributed by atoms with Crippen LogP contribution >= 0.6 is 24.0 Å². The maximum absolute atomic E-state index is 13.7. The van der Waals surface area contributed by atoms with Gasteiger partial charge in [-0.1, -0.05) is 17.7 Å². The molecule has 0 amide bonds. The van der Waals surface area contributed by atoms with E-state index >= 15 is 0 Å². The third-order valence-corrected chi connectivity index (χ3v) is 5.25. The molecular formula is C12H17Cl2FN2O2S. The van der Waals surface area contributed by atoms with Gasteiger partial charge < -0.3 is 5.32 Å². The molecule has 0 spiro atoms. The second kappa shape index (κ2) is 7.04. The first-order valence-corrected chi connectivity index (χ1v) is 7.97. The highest BCUT2D eigenvalue weighted by Crippen LogP contribution is 2.25. The van der Waals surface area contributed by atoms with Crippen LogP contribution in [0.25, 0.3) is 0 Å². The third kappa shape index (κ3) is 3.83. The highest BCUT2D eigenvalue weighted by atomic mass is 35.5. The van der Waals surface area contributed by atoms with Gasteiger partial charge >= 0.3 is 0 Å². The largest absolute Gasteiger partial charge is 0.313 e. The van der Waals surface area contributed by atoms with Gasteiger partial charge in [-0.2, -0.15) is 0 Å². The first-order chi connectivity index (χ1) is 8.92. The van der Waals surface area contributed by atoms with Gasteiger partial charge in [0.05, 0.1) is 5.02 Å². The Kier molecular flexibility index (Phi) is 6.22. The molecule has 2 atom stereocenters. The van der Waals surface area contributed by atoms with Crippen molar-refractivity contribution < 1.29 is 12.8 Å². The normalized spacial score (nSPS) is 23.1. The minimum absolute atomic E-state index is 0. The number of rotatable bonds is 3. The lowest BCUT2D eigenvalue weighted by Crippen LogP contribution is -2.51. The first-order valence-electron chi connectivity index (χ1n) is 6.11. The molecular weight excluding hydrogens is 326 g/mol. The maximum Gasteiger partial charge on any atom is 0.245 e. The Balaban J connectivity index is 0.00000200. The van der Waals surface area contributed by atoms with Gasteiger partial charge in [-0.25, -0.2) is 17.5 Å². The lowest BCUT2D eigenvalue weighted by molar-refractivity contribution is 0.348. The molecule has 1 heterocycles. The van der Waals surface area contributed by atoms with Crippen molar-refractivity contribution in [3.8, 4) is 0 Å². The van der Waals surface area contributed by atoms with Crippen LogP contribution in [0.15, 0.2) is 23.1 Å². The molecule has 1 aliphatic heterocycles. The second-order valence-corrected chi connectivity index (χ2v) is 6.72. The Morgan fingerprint density at radius 3 is 2.75 bits per heavy atom. The number of sulfonamides is 1. The van der Waals surface area contributed by atoms with Crippen LogP contribution in [0.5, 0.6) is 0 Å². The van der Waals surface area contributed by atoms with E-state index in [0.717, 1.165) is 25.5 Å². The predicted octanol–water partition coefficient (Wildman–Crippen LogP) is 2.32. The zero-order chi connectivity index (χ0) is 14.0. The molecule has 2 unspecified atom stereocenters. The van der Waals surface area contributed by atoms with Crippen molar-refractivity contribution in [3.05, 3.63) is 29.0 Å². The van der Waals surface area contributed by atoms with Gasteiger partial charge in [-0.05, 0) is 38.4 Å². The highest BCUT2D eigenvalue weighted by Gasteiger charge is 2.29. The SMILES string of the molecule is CC1NCCCC1NS(=O)(=O)c1c(F)cccc1Cl.Cl. The Labute approximate surface area is 129 Å². The Morgan fingerprint density at radius 2 is 2.15 bits per heavy atom. The number of nitrogens with one attached hydrogen (secondary N) is 2. The maximum atomic E-state index is 13.7. The Hall–Kier alpha value is -0.400. The van der Waals surface area contributed by atoms with Crippen LogP contribution in [-0.4, -0.2) is 27.0 Å². The van der Waals surface area contributed by atoms with Gasteiger partial charge in [0.15, 0.2) is 0 Å². The van der Waals surface area contributed by atoms with E-state index in [9.17, 15) is 12.8 Å². The number of benzene rings is 1. The summed E-state index contributed by atoms with van der Waals surface area (Å²) in [6, 6.07) is 3.58. The van der Waals surface area contributed by atoms with Gasteiger partial charge in [0.25, 0.3) is 0 Å². The molecule has 8 heteroatoms. The van der Waals surface area contributed by atoms with Crippen LogP contribution in [0.1, 0.15) is 19.8 Å². The summed E-state index contributed by atoms with van der Waals surface area (Å²) in [6.45, 7) is 2.76. The van der Waals surface area contributed by atoms with Gasteiger partial charge in [-0.3, -0.25) is 0 Å². The first kappa shape index (κ1) is 17.7. The highest BCUT2D eigenvalue weighted by molar-refractivity contribution is 7.89. The molecule has 0 radical (unpaired) electrons. The average molecular weight is 343 g/mol. The summed E-state index contributed by atoms with van der Waals surface area (Å²) >= 11 is 5.79. The van der Waals surface area contributed by atoms with E-state index < -0.39 is 20.7 Å². The van der Waals surface area contributed by atoms with Crippen LogP contribution in [0, 0.1) is 5.82 Å². The van der Waals surface area contributed by atoms with Crippen molar-refractivity contribution in [1.82, 2.24) is 10.0 Å². The minimum atomic E-state index is -3.95. The van der Waals surface area contributed by atoms with Crippen LogP contribution in [-0.2, 0) is 10.0 Å². The number of halogens is 3. The molecule has 0 aliphatic carbocycles. The molecule has 2 N–H and O–H groups in total. The Bertz CT molecular complexity index is 548. The molecule has 0 bridgehead atoms. The summed E-state index contributed by atoms with van der Waals surface area (Å²) < 4.78 is 40.7. The predicted molar refractivity (Wildman–Crippen MR) is 79.5 cm³/mol. The van der Waals surface area contributed by atoms with E-state index in [1.807, 2.05) is 6.92 Å². The van der Waals surface area contributed by atoms with Crippen molar-refractivity contribution in [2.75, 3.05) is 6.54 Å². The molecule has 1 aromatic carbocycles. The molecule has 2 rings (SSSR count). The molecule has 20 heavy (non-hydrogen) atoms. The molecule has 4 nitrogen and oxygen atoms in total. The smallest absolute Gasteiger partial charge is 0.245 e. The molecule has 0 saturated carbocycles. The monoisotopic (exact) mass is 342 g/mol. The van der Waals surface area contributed by atoms with Gasteiger partial charge in [0.2, 0.25) is 10.0 Å². The molecule has 1 saturated heterocycles. The van der Waals surface area contributed by atoms with Crippen molar-refractivity contribution >= 4 is 34.0 Å². The second-order valence-electron chi connectivity index (χ2n) is 4.66. The lowest BCUT2D eigenvalue weighted by atomic mass is 10.0. The fraction of sp³-hybridized carbons (Fsp3) is 0.500.